The highest BCUT2D eigenvalue weighted by molar-refractivity contribution is 5.79. The number of amides is 2. The van der Waals surface area contributed by atoms with E-state index < -0.39 is 17.0 Å². The summed E-state index contributed by atoms with van der Waals surface area (Å²) in [4.78, 5) is 27.2. The third-order valence-corrected chi connectivity index (χ3v) is 4.70. The van der Waals surface area contributed by atoms with Crippen LogP contribution in [0.25, 0.3) is 0 Å². The summed E-state index contributed by atoms with van der Waals surface area (Å²) in [6, 6.07) is -0.137. The second-order valence-corrected chi connectivity index (χ2v) is 6.42. The normalized spacial score (nSPS) is 34.4. The number of carbonyl (C=O) groups is 2. The molecule has 2 aliphatic heterocycles. The molecular weight excluding hydrogens is 260 g/mol. The topological polar surface area (TPSA) is 81.1 Å². The van der Waals surface area contributed by atoms with Crippen LogP contribution in [-0.4, -0.2) is 63.8 Å². The Morgan fingerprint density at radius 3 is 2.30 bits per heavy atom. The fraction of sp³-hybridized carbons (Fsp3) is 0.857. The van der Waals surface area contributed by atoms with Gasteiger partial charge in [-0.05, 0) is 32.6 Å². The van der Waals surface area contributed by atoms with E-state index in [1.54, 1.807) is 16.7 Å². The fourth-order valence-electron chi connectivity index (χ4n) is 3.22. The minimum Gasteiger partial charge on any atom is -0.481 e. The van der Waals surface area contributed by atoms with Crippen LogP contribution < -0.4 is 0 Å². The van der Waals surface area contributed by atoms with Crippen LogP contribution in [-0.2, 0) is 4.79 Å². The molecule has 114 valence electrons. The number of hydrogen-bond acceptors (Lipinski definition) is 3. The Kier molecular flexibility index (Phi) is 3.95. The summed E-state index contributed by atoms with van der Waals surface area (Å²) in [6.07, 6.45) is 2.45. The van der Waals surface area contributed by atoms with Gasteiger partial charge in [0.25, 0.3) is 0 Å². The molecule has 6 nitrogen and oxygen atoms in total. The lowest BCUT2D eigenvalue weighted by Crippen LogP contribution is -2.53. The van der Waals surface area contributed by atoms with Crippen molar-refractivity contribution < 1.29 is 19.8 Å². The number of carboxylic acid groups (broad SMARTS) is 1. The molecule has 0 radical (unpaired) electrons. The number of piperidine rings is 1. The number of carboxylic acids is 1. The quantitative estimate of drug-likeness (QED) is 0.797. The molecule has 0 aliphatic carbocycles. The zero-order valence-electron chi connectivity index (χ0n) is 12.3. The van der Waals surface area contributed by atoms with Crippen LogP contribution in [0.1, 0.15) is 39.5 Å². The first-order valence-electron chi connectivity index (χ1n) is 7.29. The Hall–Kier alpha value is -1.30. The number of β-amino-alcohol motifs (C(OH)–C–C–N with tert-alkyl or cyclic N) is 1. The SMILES string of the molecule is CCC1(C(=O)O)CCCN(C(=O)N2CCC(C)(O)C2)C1. The molecule has 0 saturated carbocycles. The molecule has 0 aromatic carbocycles. The maximum Gasteiger partial charge on any atom is 0.320 e. The molecule has 2 atom stereocenters. The average Bonchev–Trinajstić information content (AvgIpc) is 2.78. The third-order valence-electron chi connectivity index (χ3n) is 4.70. The predicted molar refractivity (Wildman–Crippen MR) is 73.4 cm³/mol. The predicted octanol–water partition coefficient (Wildman–Crippen LogP) is 1.14. The summed E-state index contributed by atoms with van der Waals surface area (Å²) < 4.78 is 0. The van der Waals surface area contributed by atoms with Crippen molar-refractivity contribution in [2.75, 3.05) is 26.2 Å². The lowest BCUT2D eigenvalue weighted by Gasteiger charge is -2.40. The summed E-state index contributed by atoms with van der Waals surface area (Å²) >= 11 is 0. The van der Waals surface area contributed by atoms with Crippen LogP contribution in [0.3, 0.4) is 0 Å². The monoisotopic (exact) mass is 284 g/mol. The van der Waals surface area contributed by atoms with E-state index >= 15 is 0 Å². The van der Waals surface area contributed by atoms with Gasteiger partial charge in [0.05, 0.1) is 17.6 Å². The van der Waals surface area contributed by atoms with Crippen LogP contribution in [0.4, 0.5) is 4.79 Å². The summed E-state index contributed by atoms with van der Waals surface area (Å²) in [5.41, 5.74) is -1.63. The van der Waals surface area contributed by atoms with Gasteiger partial charge in [-0.15, -0.1) is 0 Å². The fourth-order valence-corrected chi connectivity index (χ4v) is 3.22. The minimum absolute atomic E-state index is 0.137. The zero-order chi connectivity index (χ0) is 15.0. The molecule has 2 fully saturated rings. The van der Waals surface area contributed by atoms with Gasteiger partial charge in [0.1, 0.15) is 0 Å². The van der Waals surface area contributed by atoms with E-state index in [1.165, 1.54) is 0 Å². The van der Waals surface area contributed by atoms with E-state index in [9.17, 15) is 19.8 Å². The number of aliphatic hydroxyl groups is 1. The molecule has 2 amide bonds. The summed E-state index contributed by atoms with van der Waals surface area (Å²) in [5, 5.41) is 19.4. The van der Waals surface area contributed by atoms with Crippen molar-refractivity contribution in [1.29, 1.82) is 0 Å². The lowest BCUT2D eigenvalue weighted by atomic mass is 9.78. The van der Waals surface area contributed by atoms with Crippen molar-refractivity contribution in [3.8, 4) is 0 Å². The highest BCUT2D eigenvalue weighted by atomic mass is 16.4. The first kappa shape index (κ1) is 15.1. The van der Waals surface area contributed by atoms with Crippen LogP contribution in [0.15, 0.2) is 0 Å². The van der Waals surface area contributed by atoms with Gasteiger partial charge in [-0.1, -0.05) is 6.92 Å². The number of nitrogens with zero attached hydrogens (tertiary/aromatic N) is 2. The molecule has 2 aliphatic rings. The number of hydrogen-bond donors (Lipinski definition) is 2. The number of carbonyl (C=O) groups excluding carboxylic acids is 1. The van der Waals surface area contributed by atoms with Crippen molar-refractivity contribution in [2.24, 2.45) is 5.41 Å². The third kappa shape index (κ3) is 2.75. The van der Waals surface area contributed by atoms with Crippen molar-refractivity contribution >= 4 is 12.0 Å². The molecule has 6 heteroatoms. The summed E-state index contributed by atoms with van der Waals surface area (Å²) in [7, 11) is 0. The van der Waals surface area contributed by atoms with Crippen molar-refractivity contribution in [3.05, 3.63) is 0 Å². The van der Waals surface area contributed by atoms with Gasteiger partial charge in [0.2, 0.25) is 0 Å². The van der Waals surface area contributed by atoms with Crippen molar-refractivity contribution in [2.45, 2.75) is 45.1 Å². The molecule has 0 spiro atoms. The molecule has 0 bridgehead atoms. The molecule has 20 heavy (non-hydrogen) atoms. The van der Waals surface area contributed by atoms with Gasteiger partial charge in [-0.3, -0.25) is 4.79 Å². The zero-order valence-corrected chi connectivity index (χ0v) is 12.3. The van der Waals surface area contributed by atoms with Gasteiger partial charge in [-0.25, -0.2) is 4.79 Å². The highest BCUT2D eigenvalue weighted by Crippen LogP contribution is 2.34. The molecular formula is C14H24N2O4. The second kappa shape index (κ2) is 5.24. The van der Waals surface area contributed by atoms with E-state index in [0.717, 1.165) is 6.42 Å². The Balaban J connectivity index is 2.06. The largest absolute Gasteiger partial charge is 0.481 e. The standard InChI is InChI=1S/C14H24N2O4/c1-3-14(11(17)18)5-4-7-15(10-14)12(19)16-8-6-13(2,20)9-16/h20H,3-10H2,1-2H3,(H,17,18). The first-order chi connectivity index (χ1) is 9.30. The summed E-state index contributed by atoms with van der Waals surface area (Å²) in [6.45, 7) is 5.33. The number of urea groups is 1. The van der Waals surface area contributed by atoms with Gasteiger partial charge in [0.15, 0.2) is 0 Å². The van der Waals surface area contributed by atoms with Crippen molar-refractivity contribution in [1.82, 2.24) is 9.80 Å². The number of aliphatic carboxylic acids is 1. The van der Waals surface area contributed by atoms with Gasteiger partial charge < -0.3 is 20.0 Å². The van der Waals surface area contributed by atoms with E-state index in [1.807, 2.05) is 6.92 Å². The van der Waals surface area contributed by atoms with Crippen LogP contribution in [0.5, 0.6) is 0 Å². The van der Waals surface area contributed by atoms with E-state index in [0.29, 0.717) is 38.9 Å². The maximum atomic E-state index is 12.5. The minimum atomic E-state index is -0.819. The molecule has 0 aromatic rings. The molecule has 0 aromatic heterocycles. The molecule has 2 N–H and O–H groups in total. The number of likely N-dealkylation sites (tertiary alicyclic amines) is 2. The van der Waals surface area contributed by atoms with E-state index in [4.69, 9.17) is 0 Å². The Bertz CT molecular complexity index is 410. The highest BCUT2D eigenvalue weighted by Gasteiger charge is 2.44. The molecule has 2 unspecified atom stereocenters. The van der Waals surface area contributed by atoms with Crippen LogP contribution in [0, 0.1) is 5.41 Å². The molecule has 2 heterocycles. The Morgan fingerprint density at radius 2 is 1.80 bits per heavy atom. The van der Waals surface area contributed by atoms with Crippen LogP contribution in [0.2, 0.25) is 0 Å². The summed E-state index contributed by atoms with van der Waals surface area (Å²) in [5.74, 6) is -0.814. The average molecular weight is 284 g/mol. The molecule has 2 rings (SSSR count). The van der Waals surface area contributed by atoms with E-state index in [-0.39, 0.29) is 12.6 Å². The van der Waals surface area contributed by atoms with Crippen molar-refractivity contribution in [3.63, 3.8) is 0 Å². The van der Waals surface area contributed by atoms with E-state index in [2.05, 4.69) is 0 Å². The Labute approximate surface area is 119 Å². The van der Waals surface area contributed by atoms with Gasteiger partial charge in [-0.2, -0.15) is 0 Å². The smallest absolute Gasteiger partial charge is 0.320 e. The van der Waals surface area contributed by atoms with Gasteiger partial charge >= 0.3 is 12.0 Å². The first-order valence-corrected chi connectivity index (χ1v) is 7.29. The maximum absolute atomic E-state index is 12.5. The van der Waals surface area contributed by atoms with Gasteiger partial charge in [0, 0.05) is 19.6 Å². The Morgan fingerprint density at radius 1 is 1.15 bits per heavy atom. The van der Waals surface area contributed by atoms with Crippen LogP contribution >= 0.6 is 0 Å². The number of rotatable bonds is 2. The second-order valence-electron chi connectivity index (χ2n) is 6.42. The molecule has 2 saturated heterocycles. The lowest BCUT2D eigenvalue weighted by molar-refractivity contribution is -0.152.